The van der Waals surface area contributed by atoms with Gasteiger partial charge in [-0.3, -0.25) is 19.7 Å². The zero-order chi connectivity index (χ0) is 18.2. The van der Waals surface area contributed by atoms with Crippen LogP contribution >= 0.6 is 0 Å². The number of amides is 1. The number of carbonyl (C=O) groups excluding carboxylic acids is 2. The van der Waals surface area contributed by atoms with Gasteiger partial charge in [0.05, 0.1) is 16.9 Å². The van der Waals surface area contributed by atoms with Crippen molar-refractivity contribution in [2.45, 2.75) is 25.9 Å². The van der Waals surface area contributed by atoms with Gasteiger partial charge in [0.1, 0.15) is 17.0 Å². The summed E-state index contributed by atoms with van der Waals surface area (Å²) in [5.41, 5.74) is -0.115. The van der Waals surface area contributed by atoms with Crippen LogP contribution in [0.1, 0.15) is 41.0 Å². The Morgan fingerprint density at radius 1 is 1.24 bits per heavy atom. The van der Waals surface area contributed by atoms with Crippen molar-refractivity contribution in [3.8, 4) is 5.75 Å². The molecule has 0 bridgehead atoms. The van der Waals surface area contributed by atoms with Crippen LogP contribution in [0.3, 0.4) is 0 Å². The summed E-state index contributed by atoms with van der Waals surface area (Å²) in [4.78, 5) is 35.2. The van der Waals surface area contributed by atoms with Gasteiger partial charge < -0.3 is 10.1 Å². The van der Waals surface area contributed by atoms with Crippen molar-refractivity contribution in [1.29, 1.82) is 0 Å². The maximum absolute atomic E-state index is 12.4. The van der Waals surface area contributed by atoms with Crippen molar-refractivity contribution in [3.05, 3.63) is 63.7 Å². The van der Waals surface area contributed by atoms with Crippen LogP contribution in [0.4, 0.5) is 11.4 Å². The minimum Gasteiger partial charge on any atom is -0.487 e. The third-order valence-corrected chi connectivity index (χ3v) is 3.86. The van der Waals surface area contributed by atoms with Crippen molar-refractivity contribution in [3.63, 3.8) is 0 Å². The number of ether oxygens (including phenoxy) is 1. The van der Waals surface area contributed by atoms with Crippen LogP contribution in [0.2, 0.25) is 0 Å². The first-order valence-corrected chi connectivity index (χ1v) is 7.68. The Hall–Kier alpha value is -3.22. The first-order chi connectivity index (χ1) is 11.8. The Labute approximate surface area is 143 Å². The summed E-state index contributed by atoms with van der Waals surface area (Å²) >= 11 is 0. The second-order valence-corrected chi connectivity index (χ2v) is 6.40. The van der Waals surface area contributed by atoms with E-state index >= 15 is 0 Å². The number of hydrogen-bond donors (Lipinski definition) is 1. The highest BCUT2D eigenvalue weighted by atomic mass is 16.6. The average Bonchev–Trinajstić information content (AvgIpc) is 2.53. The molecule has 0 aliphatic carbocycles. The quantitative estimate of drug-likeness (QED) is 0.680. The lowest BCUT2D eigenvalue weighted by Crippen LogP contribution is -2.36. The normalized spacial score (nSPS) is 15.0. The average molecular weight is 340 g/mol. The minimum absolute atomic E-state index is 0.0962. The molecule has 0 unspecified atom stereocenters. The molecule has 0 saturated heterocycles. The Morgan fingerprint density at radius 2 is 1.96 bits per heavy atom. The molecule has 0 fully saturated rings. The lowest BCUT2D eigenvalue weighted by Gasteiger charge is -2.31. The molecule has 0 aromatic heterocycles. The number of benzene rings is 2. The fraction of sp³-hybridized carbons (Fsp3) is 0.222. The summed E-state index contributed by atoms with van der Waals surface area (Å²) in [6.45, 7) is 3.64. The number of fused-ring (bicyclic) bond motifs is 1. The minimum atomic E-state index is -0.585. The van der Waals surface area contributed by atoms with Crippen molar-refractivity contribution < 1.29 is 19.2 Å². The van der Waals surface area contributed by atoms with E-state index in [4.69, 9.17) is 4.74 Å². The number of para-hydroxylation sites is 2. The summed E-state index contributed by atoms with van der Waals surface area (Å²) in [5.74, 6) is -0.204. The van der Waals surface area contributed by atoms with E-state index in [0.29, 0.717) is 11.3 Å². The van der Waals surface area contributed by atoms with E-state index in [1.807, 2.05) is 13.8 Å². The van der Waals surface area contributed by atoms with E-state index in [-0.39, 0.29) is 29.1 Å². The number of ketones is 1. The Morgan fingerprint density at radius 3 is 2.68 bits per heavy atom. The highest BCUT2D eigenvalue weighted by Crippen LogP contribution is 2.33. The van der Waals surface area contributed by atoms with Gasteiger partial charge in [-0.2, -0.15) is 0 Å². The number of Topliss-reactive ketones (excluding diaryl/α,β-unsaturated/α-hetero) is 1. The summed E-state index contributed by atoms with van der Waals surface area (Å²) in [5, 5.41) is 13.5. The van der Waals surface area contributed by atoms with Crippen LogP contribution in [0.15, 0.2) is 42.5 Å². The van der Waals surface area contributed by atoms with Crippen LogP contribution in [0.5, 0.6) is 5.75 Å². The molecule has 1 amide bonds. The smallest absolute Gasteiger partial charge is 0.292 e. The Bertz CT molecular complexity index is 889. The fourth-order valence-electron chi connectivity index (χ4n) is 2.73. The predicted octanol–water partition coefficient (Wildman–Crippen LogP) is 3.59. The molecule has 25 heavy (non-hydrogen) atoms. The second-order valence-electron chi connectivity index (χ2n) is 6.40. The number of hydrogen-bond acceptors (Lipinski definition) is 5. The molecule has 1 aliphatic heterocycles. The number of nitrogens with one attached hydrogen (secondary N) is 1. The highest BCUT2D eigenvalue weighted by molar-refractivity contribution is 6.08. The van der Waals surface area contributed by atoms with E-state index in [1.54, 1.807) is 12.1 Å². The zero-order valence-electron chi connectivity index (χ0n) is 13.7. The first-order valence-electron chi connectivity index (χ1n) is 7.68. The summed E-state index contributed by atoms with van der Waals surface area (Å²) in [6, 6.07) is 10.4. The lowest BCUT2D eigenvalue weighted by molar-refractivity contribution is -0.383. The highest BCUT2D eigenvalue weighted by Gasteiger charge is 2.33. The van der Waals surface area contributed by atoms with E-state index in [1.165, 1.54) is 30.3 Å². The van der Waals surface area contributed by atoms with Gasteiger partial charge in [-0.15, -0.1) is 0 Å². The van der Waals surface area contributed by atoms with Gasteiger partial charge in [0, 0.05) is 11.6 Å². The van der Waals surface area contributed by atoms with Crippen LogP contribution in [-0.4, -0.2) is 22.2 Å². The van der Waals surface area contributed by atoms with Gasteiger partial charge >= 0.3 is 0 Å². The lowest BCUT2D eigenvalue weighted by atomic mass is 9.92. The van der Waals surface area contributed by atoms with Gasteiger partial charge in [0.25, 0.3) is 11.6 Å². The molecule has 128 valence electrons. The van der Waals surface area contributed by atoms with Gasteiger partial charge in [0.15, 0.2) is 5.78 Å². The molecule has 0 saturated carbocycles. The summed E-state index contributed by atoms with van der Waals surface area (Å²) in [7, 11) is 0. The third-order valence-electron chi connectivity index (χ3n) is 3.86. The molecule has 7 heteroatoms. The van der Waals surface area contributed by atoms with Gasteiger partial charge in [0.2, 0.25) is 0 Å². The second kappa shape index (κ2) is 6.01. The Kier molecular flexibility index (Phi) is 4.00. The van der Waals surface area contributed by atoms with Gasteiger partial charge in [-0.1, -0.05) is 12.1 Å². The number of nitro groups is 1. The number of nitrogens with zero attached hydrogens (tertiary/aromatic N) is 1. The molecule has 2 aromatic carbocycles. The zero-order valence-corrected chi connectivity index (χ0v) is 13.7. The van der Waals surface area contributed by atoms with Crippen molar-refractivity contribution in [2.75, 3.05) is 5.32 Å². The fourth-order valence-corrected chi connectivity index (χ4v) is 2.73. The van der Waals surface area contributed by atoms with Crippen LogP contribution in [0.25, 0.3) is 0 Å². The topological polar surface area (TPSA) is 98.5 Å². The van der Waals surface area contributed by atoms with E-state index in [0.717, 1.165) is 0 Å². The molecule has 0 radical (unpaired) electrons. The monoisotopic (exact) mass is 340 g/mol. The molecule has 3 rings (SSSR count). The number of carbonyl (C=O) groups is 2. The Balaban J connectivity index is 1.89. The van der Waals surface area contributed by atoms with Crippen molar-refractivity contribution >= 4 is 23.1 Å². The van der Waals surface area contributed by atoms with Crippen LogP contribution in [0, 0.1) is 10.1 Å². The maximum Gasteiger partial charge on any atom is 0.292 e. The predicted molar refractivity (Wildman–Crippen MR) is 91.1 cm³/mol. The standard InChI is InChI=1S/C18H16N2O5/c1-18(2)10-15(21)12-9-11(7-8-16(12)25-18)17(22)19-13-5-3-4-6-14(13)20(23)24/h3-9H,10H2,1-2H3,(H,19,22). The SMILES string of the molecule is CC1(C)CC(=O)c2cc(C(=O)Nc3ccccc3[N+](=O)[O-])ccc2O1. The van der Waals surface area contributed by atoms with Gasteiger partial charge in [-0.25, -0.2) is 0 Å². The molecule has 1 aliphatic rings. The van der Waals surface area contributed by atoms with E-state index in [9.17, 15) is 19.7 Å². The molecule has 0 atom stereocenters. The molecular weight excluding hydrogens is 324 g/mol. The largest absolute Gasteiger partial charge is 0.487 e. The maximum atomic E-state index is 12.4. The molecule has 1 N–H and O–H groups in total. The number of nitro benzene ring substituents is 1. The first kappa shape index (κ1) is 16.6. The van der Waals surface area contributed by atoms with E-state index in [2.05, 4.69) is 5.32 Å². The summed E-state index contributed by atoms with van der Waals surface area (Å²) in [6.07, 6.45) is 0.217. The molecule has 7 nitrogen and oxygen atoms in total. The van der Waals surface area contributed by atoms with Crippen molar-refractivity contribution in [2.24, 2.45) is 0 Å². The van der Waals surface area contributed by atoms with E-state index < -0.39 is 16.4 Å². The third kappa shape index (κ3) is 3.35. The van der Waals surface area contributed by atoms with Crippen LogP contribution < -0.4 is 10.1 Å². The van der Waals surface area contributed by atoms with Gasteiger partial charge in [-0.05, 0) is 38.1 Å². The molecule has 0 spiro atoms. The number of anilines is 1. The van der Waals surface area contributed by atoms with Crippen molar-refractivity contribution in [1.82, 2.24) is 0 Å². The molecule has 2 aromatic rings. The van der Waals surface area contributed by atoms with Crippen LogP contribution in [-0.2, 0) is 0 Å². The molecular formula is C18H16N2O5. The molecule has 1 heterocycles. The summed E-state index contributed by atoms with van der Waals surface area (Å²) < 4.78 is 5.75. The number of rotatable bonds is 3.